The molecule has 5 nitrogen and oxygen atoms in total. The summed E-state index contributed by atoms with van der Waals surface area (Å²) in [5.41, 5.74) is 9.85. The number of hydrogen-bond acceptors (Lipinski definition) is 5. The number of anilines is 1. The largest absolute Gasteiger partial charge is 0.385 e. The van der Waals surface area contributed by atoms with Crippen LogP contribution >= 0.6 is 0 Å². The molecule has 0 amide bonds. The van der Waals surface area contributed by atoms with Gasteiger partial charge < -0.3 is 15.5 Å². The summed E-state index contributed by atoms with van der Waals surface area (Å²) in [6.45, 7) is 7.99. The van der Waals surface area contributed by atoms with E-state index in [1.165, 1.54) is 23.1 Å². The predicted molar refractivity (Wildman–Crippen MR) is 99.3 cm³/mol. The van der Waals surface area contributed by atoms with Gasteiger partial charge in [-0.1, -0.05) is 12.1 Å². The molecule has 0 unspecified atom stereocenters. The lowest BCUT2D eigenvalue weighted by atomic mass is 9.88. The molecule has 1 saturated heterocycles. The second-order valence-corrected chi connectivity index (χ2v) is 9.57. The molecule has 0 aromatic heterocycles. The van der Waals surface area contributed by atoms with Crippen LogP contribution in [0.1, 0.15) is 31.9 Å². The topological polar surface area (TPSA) is 66.6 Å². The van der Waals surface area contributed by atoms with Gasteiger partial charge in [0.1, 0.15) is 9.84 Å². The number of hydrogen-bond donors (Lipinski definition) is 1. The van der Waals surface area contributed by atoms with E-state index >= 15 is 0 Å². The fourth-order valence-electron chi connectivity index (χ4n) is 3.74. The van der Waals surface area contributed by atoms with E-state index in [0.717, 1.165) is 18.9 Å². The van der Waals surface area contributed by atoms with Crippen molar-refractivity contribution in [3.8, 4) is 0 Å². The number of benzene rings is 1. The Balaban J connectivity index is 1.87. The Morgan fingerprint density at radius 2 is 2.04 bits per heavy atom. The number of sulfone groups is 1. The zero-order valence-electron chi connectivity index (χ0n) is 14.9. The Kier molecular flexibility index (Phi) is 4.28. The van der Waals surface area contributed by atoms with Gasteiger partial charge in [0, 0.05) is 48.6 Å². The quantitative estimate of drug-likeness (QED) is 0.901. The molecule has 0 bridgehead atoms. The van der Waals surface area contributed by atoms with Gasteiger partial charge >= 0.3 is 0 Å². The zero-order chi connectivity index (χ0) is 17.6. The minimum Gasteiger partial charge on any atom is -0.385 e. The molecular formula is C18H27N3O2S. The first-order valence-electron chi connectivity index (χ1n) is 8.47. The van der Waals surface area contributed by atoms with E-state index in [-0.39, 0.29) is 17.7 Å². The number of rotatable bonds is 4. The molecule has 0 spiro atoms. The summed E-state index contributed by atoms with van der Waals surface area (Å²) in [4.78, 5) is 4.52. The molecular weight excluding hydrogens is 322 g/mol. The standard InChI is InChI=1S/C18H27N3O2S/c1-12(2)20-10-16-14(8-18(20)19)6-5-7-17(16)21-9-15(13(21)3)11-24(4,22)23/h5-8,12-13,15H,9-11,19H2,1-4H3/t13-,15-/m1/s1. The van der Waals surface area contributed by atoms with Crippen molar-refractivity contribution in [2.45, 2.75) is 39.4 Å². The molecule has 0 aliphatic carbocycles. The van der Waals surface area contributed by atoms with Crippen LogP contribution < -0.4 is 10.6 Å². The molecule has 3 rings (SSSR count). The Morgan fingerprint density at radius 1 is 1.33 bits per heavy atom. The van der Waals surface area contributed by atoms with E-state index in [9.17, 15) is 8.42 Å². The molecule has 1 fully saturated rings. The summed E-state index contributed by atoms with van der Waals surface area (Å²) in [6.07, 6.45) is 3.36. The third kappa shape index (κ3) is 3.11. The number of nitrogens with zero attached hydrogens (tertiary/aromatic N) is 2. The van der Waals surface area contributed by atoms with Gasteiger partial charge in [-0.15, -0.1) is 0 Å². The summed E-state index contributed by atoms with van der Waals surface area (Å²) in [5, 5.41) is 0. The van der Waals surface area contributed by atoms with Crippen LogP contribution in [0, 0.1) is 5.92 Å². The van der Waals surface area contributed by atoms with Crippen molar-refractivity contribution >= 4 is 21.6 Å². The summed E-state index contributed by atoms with van der Waals surface area (Å²) in [5.74, 6) is 1.28. The van der Waals surface area contributed by atoms with Gasteiger partial charge in [0.2, 0.25) is 0 Å². The highest BCUT2D eigenvalue weighted by Crippen LogP contribution is 2.38. The third-order valence-electron chi connectivity index (χ3n) is 5.21. The maximum atomic E-state index is 11.6. The fraction of sp³-hybridized carbons (Fsp3) is 0.556. The van der Waals surface area contributed by atoms with Gasteiger partial charge in [0.05, 0.1) is 11.6 Å². The van der Waals surface area contributed by atoms with Crippen LogP contribution in [0.2, 0.25) is 0 Å². The summed E-state index contributed by atoms with van der Waals surface area (Å²) < 4.78 is 23.1. The molecule has 1 aromatic carbocycles. The van der Waals surface area contributed by atoms with E-state index < -0.39 is 9.84 Å². The Morgan fingerprint density at radius 3 is 2.62 bits per heavy atom. The highest BCUT2D eigenvalue weighted by atomic mass is 32.2. The molecule has 6 heteroatoms. The van der Waals surface area contributed by atoms with Crippen molar-refractivity contribution in [2.75, 3.05) is 23.5 Å². The van der Waals surface area contributed by atoms with Gasteiger partial charge in [0.15, 0.2) is 0 Å². The van der Waals surface area contributed by atoms with Crippen molar-refractivity contribution in [3.05, 3.63) is 35.1 Å². The normalized spacial score (nSPS) is 23.8. The molecule has 0 saturated carbocycles. The van der Waals surface area contributed by atoms with Crippen molar-refractivity contribution in [1.82, 2.24) is 4.90 Å². The molecule has 1 aromatic rings. The van der Waals surface area contributed by atoms with Gasteiger partial charge in [-0.2, -0.15) is 0 Å². The number of nitrogens with two attached hydrogens (primary N) is 1. The molecule has 2 atom stereocenters. The van der Waals surface area contributed by atoms with E-state index in [2.05, 4.69) is 48.8 Å². The number of fused-ring (bicyclic) bond motifs is 1. The predicted octanol–water partition coefficient (Wildman–Crippen LogP) is 2.04. The fourth-order valence-corrected chi connectivity index (χ4v) is 4.90. The first kappa shape index (κ1) is 17.1. The molecule has 132 valence electrons. The Labute approximate surface area is 145 Å². The minimum absolute atomic E-state index is 0.210. The lowest BCUT2D eigenvalue weighted by molar-refractivity contribution is 0.269. The molecule has 2 aliphatic rings. The van der Waals surface area contributed by atoms with Crippen molar-refractivity contribution < 1.29 is 8.42 Å². The monoisotopic (exact) mass is 349 g/mol. The smallest absolute Gasteiger partial charge is 0.147 e. The average molecular weight is 350 g/mol. The van der Waals surface area contributed by atoms with Crippen LogP contribution in [0.15, 0.2) is 24.0 Å². The molecule has 2 N–H and O–H groups in total. The van der Waals surface area contributed by atoms with Crippen molar-refractivity contribution in [1.29, 1.82) is 0 Å². The minimum atomic E-state index is -2.93. The van der Waals surface area contributed by atoms with E-state index in [1.54, 1.807) is 0 Å². The van der Waals surface area contributed by atoms with E-state index in [4.69, 9.17) is 5.73 Å². The van der Waals surface area contributed by atoms with Crippen LogP contribution in [0.3, 0.4) is 0 Å². The van der Waals surface area contributed by atoms with E-state index in [1.807, 2.05) is 6.08 Å². The molecule has 2 heterocycles. The SMILES string of the molecule is CC(C)N1Cc2c(cccc2N2C[C@H](CS(C)(=O)=O)[C@H]2C)C=C1N. The van der Waals surface area contributed by atoms with Crippen molar-refractivity contribution in [3.63, 3.8) is 0 Å². The second kappa shape index (κ2) is 5.99. The van der Waals surface area contributed by atoms with Gasteiger partial charge in [-0.25, -0.2) is 8.42 Å². The first-order chi connectivity index (χ1) is 11.2. The van der Waals surface area contributed by atoms with Crippen LogP contribution in [0.4, 0.5) is 5.69 Å². The lowest BCUT2D eigenvalue weighted by Crippen LogP contribution is -2.57. The van der Waals surface area contributed by atoms with Gasteiger partial charge in [-0.3, -0.25) is 0 Å². The van der Waals surface area contributed by atoms with Crippen LogP contribution in [0.25, 0.3) is 6.08 Å². The van der Waals surface area contributed by atoms with Crippen LogP contribution in [-0.2, 0) is 16.4 Å². The van der Waals surface area contributed by atoms with Gasteiger partial charge in [-0.05, 0) is 38.5 Å². The maximum absolute atomic E-state index is 11.6. The third-order valence-corrected chi connectivity index (χ3v) is 6.24. The summed E-state index contributed by atoms with van der Waals surface area (Å²) >= 11 is 0. The summed E-state index contributed by atoms with van der Waals surface area (Å²) in [6, 6.07) is 6.87. The first-order valence-corrected chi connectivity index (χ1v) is 10.5. The highest BCUT2D eigenvalue weighted by Gasteiger charge is 2.39. The molecule has 24 heavy (non-hydrogen) atoms. The lowest BCUT2D eigenvalue weighted by Gasteiger charge is -2.49. The average Bonchev–Trinajstić information content (AvgIpc) is 2.48. The van der Waals surface area contributed by atoms with Crippen LogP contribution in [-0.4, -0.2) is 44.0 Å². The molecule has 0 radical (unpaired) electrons. The van der Waals surface area contributed by atoms with E-state index in [0.29, 0.717) is 6.04 Å². The van der Waals surface area contributed by atoms with Gasteiger partial charge in [0.25, 0.3) is 0 Å². The van der Waals surface area contributed by atoms with Crippen LogP contribution in [0.5, 0.6) is 0 Å². The van der Waals surface area contributed by atoms with Crippen molar-refractivity contribution in [2.24, 2.45) is 11.7 Å². The zero-order valence-corrected chi connectivity index (χ0v) is 15.7. The highest BCUT2D eigenvalue weighted by molar-refractivity contribution is 7.90. The maximum Gasteiger partial charge on any atom is 0.147 e. The second-order valence-electron chi connectivity index (χ2n) is 7.38. The Hall–Kier alpha value is -1.69. The molecule has 2 aliphatic heterocycles. The Bertz CT molecular complexity index is 770. The summed E-state index contributed by atoms with van der Waals surface area (Å²) in [7, 11) is -2.93.